The monoisotopic (exact) mass is 222 g/mol. The molecule has 0 saturated heterocycles. The molecule has 1 unspecified atom stereocenters. The van der Waals surface area contributed by atoms with Crippen LogP contribution in [0.4, 0.5) is 0 Å². The van der Waals surface area contributed by atoms with E-state index in [0.717, 1.165) is 0 Å². The van der Waals surface area contributed by atoms with Gasteiger partial charge in [-0.2, -0.15) is 0 Å². The molecule has 0 fully saturated rings. The molecule has 0 radical (unpaired) electrons. The van der Waals surface area contributed by atoms with Crippen molar-refractivity contribution >= 4 is 16.9 Å². The van der Waals surface area contributed by atoms with Crippen LogP contribution in [0.1, 0.15) is 18.3 Å². The third kappa shape index (κ3) is 1.72. The molecular formula is C11H10O5. The van der Waals surface area contributed by atoms with Crippen LogP contribution in [0, 0.1) is 0 Å². The van der Waals surface area contributed by atoms with Crippen molar-refractivity contribution in [1.29, 1.82) is 0 Å². The number of carbonyl (C=O) groups is 1. The van der Waals surface area contributed by atoms with Crippen LogP contribution in [0.3, 0.4) is 0 Å². The molecule has 0 bridgehead atoms. The Bertz CT molecular complexity index is 528. The topological polar surface area (TPSA) is 90.9 Å². The van der Waals surface area contributed by atoms with Crippen molar-refractivity contribution in [3.63, 3.8) is 0 Å². The number of furan rings is 1. The predicted octanol–water partition coefficient (Wildman–Crippen LogP) is 1.65. The third-order valence-corrected chi connectivity index (χ3v) is 2.27. The van der Waals surface area contributed by atoms with Crippen molar-refractivity contribution in [1.82, 2.24) is 0 Å². The van der Waals surface area contributed by atoms with Crippen LogP contribution in [0.15, 0.2) is 28.7 Å². The van der Waals surface area contributed by atoms with Gasteiger partial charge in [-0.1, -0.05) is 12.1 Å². The zero-order chi connectivity index (χ0) is 11.7. The summed E-state index contributed by atoms with van der Waals surface area (Å²) < 4.78 is 5.20. The lowest BCUT2D eigenvalue weighted by Crippen LogP contribution is -2.04. The molecule has 84 valence electrons. The van der Waals surface area contributed by atoms with Gasteiger partial charge in [0.05, 0.1) is 11.8 Å². The van der Waals surface area contributed by atoms with E-state index in [-0.39, 0.29) is 11.5 Å². The number of benzene rings is 1. The highest BCUT2D eigenvalue weighted by atomic mass is 16.4. The van der Waals surface area contributed by atoms with Crippen molar-refractivity contribution in [3.8, 4) is 5.75 Å². The Morgan fingerprint density at radius 3 is 2.69 bits per heavy atom. The molecule has 1 heterocycles. The molecule has 0 aliphatic carbocycles. The van der Waals surface area contributed by atoms with Crippen molar-refractivity contribution in [2.24, 2.45) is 0 Å². The number of fused-ring (bicyclic) bond motifs is 1. The minimum absolute atomic E-state index is 0.108. The number of carboxylic acids is 1. The number of aliphatic carboxylic acids is 1. The Balaban J connectivity index is 2.45. The SMILES string of the molecule is O=C(O)CC(O)c1oc2ccccc2c1O. The second-order valence-electron chi connectivity index (χ2n) is 3.42. The zero-order valence-corrected chi connectivity index (χ0v) is 8.25. The first-order chi connectivity index (χ1) is 7.59. The van der Waals surface area contributed by atoms with Gasteiger partial charge in [0.15, 0.2) is 11.5 Å². The normalized spacial score (nSPS) is 12.8. The summed E-state index contributed by atoms with van der Waals surface area (Å²) in [5, 5.41) is 28.3. The summed E-state index contributed by atoms with van der Waals surface area (Å²) in [7, 11) is 0. The molecule has 0 amide bonds. The van der Waals surface area contributed by atoms with E-state index in [1.165, 1.54) is 0 Å². The first-order valence-corrected chi connectivity index (χ1v) is 4.70. The molecule has 0 spiro atoms. The lowest BCUT2D eigenvalue weighted by Gasteiger charge is -2.03. The Kier molecular flexibility index (Phi) is 2.54. The van der Waals surface area contributed by atoms with Crippen molar-refractivity contribution in [3.05, 3.63) is 30.0 Å². The van der Waals surface area contributed by atoms with Crippen molar-refractivity contribution < 1.29 is 24.5 Å². The summed E-state index contributed by atoms with van der Waals surface area (Å²) in [6, 6.07) is 6.70. The van der Waals surface area contributed by atoms with Crippen LogP contribution >= 0.6 is 0 Å². The van der Waals surface area contributed by atoms with Gasteiger partial charge in [-0.3, -0.25) is 4.79 Å². The molecule has 5 nitrogen and oxygen atoms in total. The van der Waals surface area contributed by atoms with Gasteiger partial charge in [-0.25, -0.2) is 0 Å². The Morgan fingerprint density at radius 1 is 1.38 bits per heavy atom. The van der Waals surface area contributed by atoms with Crippen molar-refractivity contribution in [2.75, 3.05) is 0 Å². The molecule has 5 heteroatoms. The minimum Gasteiger partial charge on any atom is -0.504 e. The standard InChI is InChI=1S/C11H10O5/c12-7(5-9(13)14)11-10(15)6-3-1-2-4-8(6)16-11/h1-4,7,12,15H,5H2,(H,13,14). The van der Waals surface area contributed by atoms with Gasteiger partial charge in [-0.15, -0.1) is 0 Å². The molecular weight excluding hydrogens is 212 g/mol. The average molecular weight is 222 g/mol. The summed E-state index contributed by atoms with van der Waals surface area (Å²) in [5.41, 5.74) is 0.416. The molecule has 0 aliphatic heterocycles. The number of rotatable bonds is 3. The fourth-order valence-corrected chi connectivity index (χ4v) is 1.53. The van der Waals surface area contributed by atoms with Crippen LogP contribution in [0.25, 0.3) is 11.0 Å². The molecule has 16 heavy (non-hydrogen) atoms. The van der Waals surface area contributed by atoms with E-state index >= 15 is 0 Å². The van der Waals surface area contributed by atoms with Gasteiger partial charge in [0.2, 0.25) is 0 Å². The fourth-order valence-electron chi connectivity index (χ4n) is 1.53. The predicted molar refractivity (Wildman–Crippen MR) is 55.1 cm³/mol. The maximum Gasteiger partial charge on any atom is 0.306 e. The van der Waals surface area contributed by atoms with Gasteiger partial charge < -0.3 is 19.7 Å². The van der Waals surface area contributed by atoms with E-state index in [1.54, 1.807) is 24.3 Å². The van der Waals surface area contributed by atoms with Crippen LogP contribution in [-0.2, 0) is 4.79 Å². The Labute approximate surface area is 90.5 Å². The summed E-state index contributed by atoms with van der Waals surface area (Å²) in [5.74, 6) is -1.47. The van der Waals surface area contributed by atoms with Gasteiger partial charge >= 0.3 is 5.97 Å². The summed E-state index contributed by atoms with van der Waals surface area (Å²) in [4.78, 5) is 10.4. The van der Waals surface area contributed by atoms with Gasteiger partial charge in [0.1, 0.15) is 11.7 Å². The van der Waals surface area contributed by atoms with Crippen LogP contribution in [0.5, 0.6) is 5.75 Å². The van der Waals surface area contributed by atoms with Crippen LogP contribution in [0.2, 0.25) is 0 Å². The number of para-hydroxylation sites is 1. The highest BCUT2D eigenvalue weighted by Crippen LogP contribution is 2.36. The van der Waals surface area contributed by atoms with E-state index in [9.17, 15) is 15.0 Å². The fraction of sp³-hybridized carbons (Fsp3) is 0.182. The smallest absolute Gasteiger partial charge is 0.306 e. The molecule has 3 N–H and O–H groups in total. The maximum atomic E-state index is 10.4. The molecule has 1 aromatic heterocycles. The molecule has 0 saturated carbocycles. The third-order valence-electron chi connectivity index (χ3n) is 2.27. The van der Waals surface area contributed by atoms with E-state index in [4.69, 9.17) is 9.52 Å². The second kappa shape index (κ2) is 3.86. The lowest BCUT2D eigenvalue weighted by molar-refractivity contribution is -0.139. The van der Waals surface area contributed by atoms with E-state index in [0.29, 0.717) is 11.0 Å². The first-order valence-electron chi connectivity index (χ1n) is 4.70. The van der Waals surface area contributed by atoms with Crippen LogP contribution in [-0.4, -0.2) is 21.3 Å². The van der Waals surface area contributed by atoms with Crippen molar-refractivity contribution in [2.45, 2.75) is 12.5 Å². The maximum absolute atomic E-state index is 10.4. The molecule has 0 aliphatic rings. The summed E-state index contributed by atoms with van der Waals surface area (Å²) in [6.45, 7) is 0. The molecule has 2 rings (SSSR count). The van der Waals surface area contributed by atoms with Gasteiger partial charge in [-0.05, 0) is 12.1 Å². The first kappa shape index (κ1) is 10.5. The Morgan fingerprint density at radius 2 is 2.06 bits per heavy atom. The largest absolute Gasteiger partial charge is 0.504 e. The summed E-state index contributed by atoms with van der Waals surface area (Å²) >= 11 is 0. The van der Waals surface area contributed by atoms with E-state index < -0.39 is 18.5 Å². The lowest BCUT2D eigenvalue weighted by atomic mass is 10.1. The van der Waals surface area contributed by atoms with E-state index in [1.807, 2.05) is 0 Å². The number of carboxylic acid groups (broad SMARTS) is 1. The molecule has 2 aromatic rings. The molecule has 1 aromatic carbocycles. The Hall–Kier alpha value is -2.01. The highest BCUT2D eigenvalue weighted by Gasteiger charge is 2.22. The molecule has 1 atom stereocenters. The number of hydrogen-bond acceptors (Lipinski definition) is 4. The highest BCUT2D eigenvalue weighted by molar-refractivity contribution is 5.85. The summed E-state index contributed by atoms with van der Waals surface area (Å²) in [6.07, 6.45) is -1.85. The number of hydrogen-bond donors (Lipinski definition) is 3. The average Bonchev–Trinajstić information content (AvgIpc) is 2.56. The number of aliphatic hydroxyl groups excluding tert-OH is 1. The number of aromatic hydroxyl groups is 1. The number of aliphatic hydroxyl groups is 1. The zero-order valence-electron chi connectivity index (χ0n) is 8.25. The minimum atomic E-state index is -1.34. The quantitative estimate of drug-likeness (QED) is 0.734. The van der Waals surface area contributed by atoms with Gasteiger partial charge in [0, 0.05) is 0 Å². The van der Waals surface area contributed by atoms with Crippen LogP contribution < -0.4 is 0 Å². The second-order valence-corrected chi connectivity index (χ2v) is 3.42. The van der Waals surface area contributed by atoms with Gasteiger partial charge in [0.25, 0.3) is 0 Å². The van der Waals surface area contributed by atoms with E-state index in [2.05, 4.69) is 0 Å².